The number of carboxylic acid groups (broad SMARTS) is 1. The van der Waals surface area contributed by atoms with E-state index in [-0.39, 0.29) is 0 Å². The van der Waals surface area contributed by atoms with Crippen molar-refractivity contribution in [1.29, 1.82) is 0 Å². The van der Waals surface area contributed by atoms with Crippen molar-refractivity contribution in [3.8, 4) is 0 Å². The van der Waals surface area contributed by atoms with E-state index in [1.165, 1.54) is 6.92 Å². The van der Waals surface area contributed by atoms with Crippen LogP contribution in [0.5, 0.6) is 0 Å². The highest BCUT2D eigenvalue weighted by molar-refractivity contribution is 9.10. The molecule has 2 atom stereocenters. The average Bonchev–Trinajstić information content (AvgIpc) is 2.29. The lowest BCUT2D eigenvalue weighted by atomic mass is 10.1. The predicted molar refractivity (Wildman–Crippen MR) is 78.9 cm³/mol. The monoisotopic (exact) mass is 344 g/mol. The third kappa shape index (κ3) is 4.21. The van der Waals surface area contributed by atoms with Crippen molar-refractivity contribution in [2.45, 2.75) is 32.9 Å². The lowest BCUT2D eigenvalue weighted by Crippen LogP contribution is -2.49. The Bertz CT molecular complexity index is 508. The van der Waals surface area contributed by atoms with Crippen molar-refractivity contribution < 1.29 is 19.8 Å². The number of hydrogen-bond donors (Lipinski definition) is 4. The fraction of sp³-hybridized carbons (Fsp3) is 0.385. The summed E-state index contributed by atoms with van der Waals surface area (Å²) in [6.07, 6.45) is -1.19. The Labute approximate surface area is 125 Å². The number of aliphatic carboxylic acids is 1. The Balaban J connectivity index is 2.84. The maximum Gasteiger partial charge on any atom is 0.328 e. The number of aliphatic hydroxyl groups excluding tert-OH is 1. The fourth-order valence-corrected chi connectivity index (χ4v) is 2.53. The Morgan fingerprint density at radius 1 is 1.30 bits per heavy atom. The molecule has 7 heteroatoms. The van der Waals surface area contributed by atoms with Crippen LogP contribution in [0.4, 0.5) is 10.5 Å². The van der Waals surface area contributed by atoms with Crippen LogP contribution in [0.25, 0.3) is 0 Å². The van der Waals surface area contributed by atoms with Crippen LogP contribution >= 0.6 is 15.9 Å². The van der Waals surface area contributed by atoms with Crippen molar-refractivity contribution in [3.63, 3.8) is 0 Å². The molecular weight excluding hydrogens is 328 g/mol. The number of amides is 2. The first-order valence-electron chi connectivity index (χ1n) is 5.97. The Kier molecular flexibility index (Phi) is 5.52. The van der Waals surface area contributed by atoms with Crippen LogP contribution in [0.1, 0.15) is 18.1 Å². The van der Waals surface area contributed by atoms with Gasteiger partial charge in [-0.05, 0) is 53.9 Å². The first kappa shape index (κ1) is 16.5. The summed E-state index contributed by atoms with van der Waals surface area (Å²) in [7, 11) is 0. The minimum absolute atomic E-state index is 0.558. The van der Waals surface area contributed by atoms with Crippen molar-refractivity contribution >= 4 is 33.6 Å². The third-order valence-corrected chi connectivity index (χ3v) is 3.33. The molecule has 6 nitrogen and oxygen atoms in total. The highest BCUT2D eigenvalue weighted by atomic mass is 79.9. The molecule has 20 heavy (non-hydrogen) atoms. The highest BCUT2D eigenvalue weighted by Crippen LogP contribution is 2.27. The second-order valence-electron chi connectivity index (χ2n) is 4.59. The number of hydrogen-bond acceptors (Lipinski definition) is 3. The van der Waals surface area contributed by atoms with Gasteiger partial charge in [-0.3, -0.25) is 0 Å². The standard InChI is InChI=1S/C13H17BrN2O4/c1-6-4-7(2)10(9(14)5-6)15-13(20)16-11(8(3)17)12(18)19/h4-5,8,11,17H,1-3H3,(H,18,19)(H2,15,16,20). The van der Waals surface area contributed by atoms with E-state index in [0.29, 0.717) is 10.2 Å². The number of benzene rings is 1. The molecule has 2 amide bonds. The number of nitrogens with one attached hydrogen (secondary N) is 2. The zero-order valence-corrected chi connectivity index (χ0v) is 13.0. The molecule has 0 aromatic heterocycles. The molecule has 1 aromatic carbocycles. The van der Waals surface area contributed by atoms with Gasteiger partial charge < -0.3 is 20.8 Å². The molecule has 0 spiro atoms. The fourth-order valence-electron chi connectivity index (χ4n) is 1.75. The Morgan fingerprint density at radius 3 is 2.35 bits per heavy atom. The van der Waals surface area contributed by atoms with Crippen LogP contribution in [0.2, 0.25) is 0 Å². The first-order valence-corrected chi connectivity index (χ1v) is 6.76. The number of halogens is 1. The summed E-state index contributed by atoms with van der Waals surface area (Å²) in [5, 5.41) is 23.0. The van der Waals surface area contributed by atoms with Gasteiger partial charge in [0.15, 0.2) is 6.04 Å². The Hall–Kier alpha value is -1.60. The number of urea groups is 1. The second kappa shape index (κ2) is 6.71. The van der Waals surface area contributed by atoms with Crippen LogP contribution < -0.4 is 10.6 Å². The number of anilines is 1. The Morgan fingerprint density at radius 2 is 1.90 bits per heavy atom. The summed E-state index contributed by atoms with van der Waals surface area (Å²) in [5.41, 5.74) is 2.44. The summed E-state index contributed by atoms with van der Waals surface area (Å²) in [6, 6.07) is 1.68. The average molecular weight is 345 g/mol. The molecule has 110 valence electrons. The molecule has 0 aliphatic rings. The molecule has 1 aromatic rings. The number of rotatable bonds is 4. The van der Waals surface area contributed by atoms with E-state index in [4.69, 9.17) is 5.11 Å². The smallest absolute Gasteiger partial charge is 0.328 e. The predicted octanol–water partition coefficient (Wildman–Crippen LogP) is 2.02. The topological polar surface area (TPSA) is 98.7 Å². The molecule has 0 radical (unpaired) electrons. The largest absolute Gasteiger partial charge is 0.480 e. The van der Waals surface area contributed by atoms with Gasteiger partial charge in [0, 0.05) is 4.47 Å². The minimum atomic E-state index is -1.36. The molecule has 1 rings (SSSR count). The molecule has 2 unspecified atom stereocenters. The van der Waals surface area contributed by atoms with Crippen LogP contribution in [-0.2, 0) is 4.79 Å². The highest BCUT2D eigenvalue weighted by Gasteiger charge is 2.25. The van der Waals surface area contributed by atoms with Crippen LogP contribution in [0.3, 0.4) is 0 Å². The van der Waals surface area contributed by atoms with Gasteiger partial charge in [-0.15, -0.1) is 0 Å². The van der Waals surface area contributed by atoms with Gasteiger partial charge in [0.05, 0.1) is 11.8 Å². The normalized spacial score (nSPS) is 13.4. The van der Waals surface area contributed by atoms with Crippen molar-refractivity contribution in [3.05, 3.63) is 27.7 Å². The lowest BCUT2D eigenvalue weighted by molar-refractivity contribution is -0.141. The third-order valence-electron chi connectivity index (χ3n) is 2.71. The molecule has 0 fully saturated rings. The van der Waals surface area contributed by atoms with Gasteiger partial charge in [-0.1, -0.05) is 6.07 Å². The minimum Gasteiger partial charge on any atom is -0.480 e. The lowest BCUT2D eigenvalue weighted by Gasteiger charge is -2.18. The van der Waals surface area contributed by atoms with E-state index in [9.17, 15) is 14.7 Å². The molecule has 0 aliphatic carbocycles. The van der Waals surface area contributed by atoms with Gasteiger partial charge in [0.25, 0.3) is 0 Å². The summed E-state index contributed by atoms with van der Waals surface area (Å²) in [6.45, 7) is 5.05. The molecule has 4 N–H and O–H groups in total. The van der Waals surface area contributed by atoms with Gasteiger partial charge in [-0.25, -0.2) is 9.59 Å². The van der Waals surface area contributed by atoms with Crippen LogP contribution in [0, 0.1) is 13.8 Å². The number of carboxylic acids is 1. The zero-order chi connectivity index (χ0) is 15.4. The number of carbonyl (C=O) groups excluding carboxylic acids is 1. The van der Waals surface area contributed by atoms with Gasteiger partial charge in [-0.2, -0.15) is 0 Å². The maximum absolute atomic E-state index is 11.8. The van der Waals surface area contributed by atoms with E-state index in [0.717, 1.165) is 11.1 Å². The second-order valence-corrected chi connectivity index (χ2v) is 5.45. The maximum atomic E-state index is 11.8. The van der Waals surface area contributed by atoms with E-state index in [1.807, 2.05) is 26.0 Å². The molecule has 0 saturated heterocycles. The molecule has 0 heterocycles. The number of aryl methyl sites for hydroxylation is 2. The van der Waals surface area contributed by atoms with E-state index in [2.05, 4.69) is 26.6 Å². The van der Waals surface area contributed by atoms with Crippen molar-refractivity contribution in [2.24, 2.45) is 0 Å². The van der Waals surface area contributed by atoms with E-state index < -0.39 is 24.1 Å². The molecule has 0 saturated carbocycles. The summed E-state index contributed by atoms with van der Waals surface area (Å²) >= 11 is 3.34. The number of carbonyl (C=O) groups is 2. The van der Waals surface area contributed by atoms with Gasteiger partial charge in [0.2, 0.25) is 0 Å². The SMILES string of the molecule is Cc1cc(C)c(NC(=O)NC(C(=O)O)C(C)O)c(Br)c1. The number of aliphatic hydroxyl groups is 1. The summed E-state index contributed by atoms with van der Waals surface area (Å²) in [5.74, 6) is -1.30. The first-order chi connectivity index (χ1) is 9.22. The quantitative estimate of drug-likeness (QED) is 0.671. The molecule has 0 aliphatic heterocycles. The van der Waals surface area contributed by atoms with E-state index >= 15 is 0 Å². The van der Waals surface area contributed by atoms with Crippen molar-refractivity contribution in [1.82, 2.24) is 5.32 Å². The summed E-state index contributed by atoms with van der Waals surface area (Å²) in [4.78, 5) is 22.7. The van der Waals surface area contributed by atoms with Crippen LogP contribution in [-0.4, -0.2) is 34.4 Å². The van der Waals surface area contributed by atoms with Crippen LogP contribution in [0.15, 0.2) is 16.6 Å². The summed E-state index contributed by atoms with van der Waals surface area (Å²) < 4.78 is 0.703. The molecular formula is C13H17BrN2O4. The molecule has 0 bridgehead atoms. The zero-order valence-electron chi connectivity index (χ0n) is 11.4. The van der Waals surface area contributed by atoms with Gasteiger partial charge in [0.1, 0.15) is 0 Å². The van der Waals surface area contributed by atoms with E-state index in [1.54, 1.807) is 0 Å². The van der Waals surface area contributed by atoms with Gasteiger partial charge >= 0.3 is 12.0 Å². The van der Waals surface area contributed by atoms with Crippen molar-refractivity contribution in [2.75, 3.05) is 5.32 Å².